The molecule has 3 rings (SSSR count). The number of thiocarbonyl (C=S) groups is 1. The number of nitrogens with zero attached hydrogens (tertiary/aromatic N) is 1. The Balaban J connectivity index is 1.96. The van der Waals surface area contributed by atoms with Crippen LogP contribution in [-0.4, -0.2) is 29.5 Å². The molecular formula is C24H27ClN2O3S. The molecule has 7 heteroatoms. The van der Waals surface area contributed by atoms with Crippen LogP contribution in [-0.2, 0) is 11.4 Å². The lowest BCUT2D eigenvalue weighted by Crippen LogP contribution is -2.47. The van der Waals surface area contributed by atoms with Crippen LogP contribution in [0.25, 0.3) is 0 Å². The van der Waals surface area contributed by atoms with Crippen LogP contribution in [0.5, 0.6) is 11.5 Å². The molecule has 0 spiro atoms. The van der Waals surface area contributed by atoms with Crippen molar-refractivity contribution in [2.24, 2.45) is 0 Å². The molecule has 0 amide bonds. The Hall–Kier alpha value is -2.57. The van der Waals surface area contributed by atoms with Gasteiger partial charge in [0.15, 0.2) is 22.4 Å². The molecular weight excluding hydrogens is 432 g/mol. The van der Waals surface area contributed by atoms with Crippen LogP contribution in [0.2, 0.25) is 5.02 Å². The fraction of sp³-hybridized carbons (Fsp3) is 0.333. The van der Waals surface area contributed by atoms with Gasteiger partial charge < -0.3 is 19.7 Å². The fourth-order valence-corrected chi connectivity index (χ4v) is 4.27. The standard InChI is InChI=1S/C24H27ClN2O3S/c1-5-12-27-15(2)22(16(3)28)23(26-24(27)31)17-10-11-20(29-4)21(13-17)30-14-18-8-6-7-9-19(18)25/h6-11,13,23H,5,12,14H2,1-4H3,(H,26,31). The molecule has 0 fully saturated rings. The van der Waals surface area contributed by atoms with Gasteiger partial charge in [-0.1, -0.05) is 42.8 Å². The van der Waals surface area contributed by atoms with Crippen LogP contribution < -0.4 is 14.8 Å². The molecule has 1 heterocycles. The van der Waals surface area contributed by atoms with Crippen molar-refractivity contribution in [3.63, 3.8) is 0 Å². The van der Waals surface area contributed by atoms with E-state index in [0.717, 1.165) is 29.8 Å². The highest BCUT2D eigenvalue weighted by atomic mass is 35.5. The first kappa shape index (κ1) is 23.1. The van der Waals surface area contributed by atoms with Crippen molar-refractivity contribution in [2.45, 2.75) is 39.8 Å². The number of allylic oxidation sites excluding steroid dienone is 1. The predicted octanol–water partition coefficient (Wildman–Crippen LogP) is 5.43. The monoisotopic (exact) mass is 458 g/mol. The number of carbonyl (C=O) groups excluding carboxylic acids is 1. The first-order chi connectivity index (χ1) is 14.9. The summed E-state index contributed by atoms with van der Waals surface area (Å²) in [5, 5.41) is 4.60. The number of halogens is 1. The molecule has 1 atom stereocenters. The number of carbonyl (C=O) groups is 1. The third-order valence-electron chi connectivity index (χ3n) is 5.28. The van der Waals surface area contributed by atoms with Crippen molar-refractivity contribution in [1.82, 2.24) is 10.2 Å². The molecule has 0 aliphatic carbocycles. The van der Waals surface area contributed by atoms with Crippen molar-refractivity contribution in [3.8, 4) is 11.5 Å². The van der Waals surface area contributed by atoms with Crippen molar-refractivity contribution < 1.29 is 14.3 Å². The average molecular weight is 459 g/mol. The van der Waals surface area contributed by atoms with E-state index in [9.17, 15) is 4.79 Å². The summed E-state index contributed by atoms with van der Waals surface area (Å²) >= 11 is 11.9. The minimum Gasteiger partial charge on any atom is -0.493 e. The van der Waals surface area contributed by atoms with E-state index in [1.807, 2.05) is 54.3 Å². The van der Waals surface area contributed by atoms with Gasteiger partial charge in [0, 0.05) is 28.4 Å². The van der Waals surface area contributed by atoms with E-state index in [4.69, 9.17) is 33.3 Å². The van der Waals surface area contributed by atoms with Gasteiger partial charge in [0.25, 0.3) is 0 Å². The van der Waals surface area contributed by atoms with Gasteiger partial charge in [-0.25, -0.2) is 0 Å². The molecule has 2 aromatic carbocycles. The summed E-state index contributed by atoms with van der Waals surface area (Å²) in [6, 6.07) is 12.8. The summed E-state index contributed by atoms with van der Waals surface area (Å²) in [4.78, 5) is 14.6. The molecule has 1 N–H and O–H groups in total. The Morgan fingerprint density at radius 1 is 1.23 bits per heavy atom. The van der Waals surface area contributed by atoms with Crippen LogP contribution in [0.1, 0.15) is 44.4 Å². The zero-order valence-electron chi connectivity index (χ0n) is 18.2. The summed E-state index contributed by atoms with van der Waals surface area (Å²) in [7, 11) is 1.60. The molecule has 1 unspecified atom stereocenters. The van der Waals surface area contributed by atoms with E-state index >= 15 is 0 Å². The van der Waals surface area contributed by atoms with Gasteiger partial charge in [-0.05, 0) is 56.2 Å². The van der Waals surface area contributed by atoms with Gasteiger partial charge >= 0.3 is 0 Å². The van der Waals surface area contributed by atoms with Crippen LogP contribution in [0.4, 0.5) is 0 Å². The first-order valence-electron chi connectivity index (χ1n) is 10.2. The lowest BCUT2D eigenvalue weighted by Gasteiger charge is -2.37. The van der Waals surface area contributed by atoms with Gasteiger partial charge in [-0.15, -0.1) is 0 Å². The minimum absolute atomic E-state index is 0.00737. The van der Waals surface area contributed by atoms with Crippen LogP contribution in [0.15, 0.2) is 53.7 Å². The van der Waals surface area contributed by atoms with E-state index in [2.05, 4.69) is 12.2 Å². The molecule has 1 aliphatic heterocycles. The summed E-state index contributed by atoms with van der Waals surface area (Å²) in [6.07, 6.45) is 0.928. The average Bonchev–Trinajstić information content (AvgIpc) is 2.75. The highest BCUT2D eigenvalue weighted by Crippen LogP contribution is 2.36. The van der Waals surface area contributed by atoms with Crippen LogP contribution >= 0.6 is 23.8 Å². The smallest absolute Gasteiger partial charge is 0.173 e. The largest absolute Gasteiger partial charge is 0.493 e. The van der Waals surface area contributed by atoms with E-state index in [-0.39, 0.29) is 11.8 Å². The van der Waals surface area contributed by atoms with E-state index < -0.39 is 0 Å². The molecule has 0 radical (unpaired) electrons. The predicted molar refractivity (Wildman–Crippen MR) is 128 cm³/mol. The highest BCUT2D eigenvalue weighted by Gasteiger charge is 2.32. The topological polar surface area (TPSA) is 50.8 Å². The number of ketones is 1. The molecule has 2 aromatic rings. The first-order valence-corrected chi connectivity index (χ1v) is 11.0. The quantitative estimate of drug-likeness (QED) is 0.532. The molecule has 31 heavy (non-hydrogen) atoms. The van der Waals surface area contributed by atoms with E-state index in [1.165, 1.54) is 0 Å². The Bertz CT molecular complexity index is 1020. The molecule has 0 saturated heterocycles. The van der Waals surface area contributed by atoms with E-state index in [1.54, 1.807) is 14.0 Å². The third-order valence-corrected chi connectivity index (χ3v) is 5.99. The molecule has 0 saturated carbocycles. The second-order valence-corrected chi connectivity index (χ2v) is 8.17. The SMILES string of the molecule is CCCN1C(=S)NC(c2ccc(OC)c(OCc3ccccc3Cl)c2)C(C(C)=O)=C1C. The van der Waals surface area contributed by atoms with Crippen LogP contribution in [0, 0.1) is 0 Å². The summed E-state index contributed by atoms with van der Waals surface area (Å²) < 4.78 is 11.5. The summed E-state index contributed by atoms with van der Waals surface area (Å²) in [5.74, 6) is 1.18. The van der Waals surface area contributed by atoms with Crippen molar-refractivity contribution in [3.05, 3.63) is 69.9 Å². The minimum atomic E-state index is -0.355. The molecule has 0 bridgehead atoms. The number of benzene rings is 2. The normalized spacial score (nSPS) is 16.2. The van der Waals surface area contributed by atoms with Crippen molar-refractivity contribution >= 4 is 34.7 Å². The highest BCUT2D eigenvalue weighted by molar-refractivity contribution is 7.80. The summed E-state index contributed by atoms with van der Waals surface area (Å²) in [6.45, 7) is 6.68. The maximum atomic E-state index is 12.6. The number of ether oxygens (including phenoxy) is 2. The second kappa shape index (κ2) is 10.2. The number of nitrogens with one attached hydrogen (secondary N) is 1. The zero-order valence-corrected chi connectivity index (χ0v) is 19.8. The maximum absolute atomic E-state index is 12.6. The third kappa shape index (κ3) is 5.02. The molecule has 1 aliphatic rings. The second-order valence-electron chi connectivity index (χ2n) is 7.38. The van der Waals surface area contributed by atoms with Crippen LogP contribution in [0.3, 0.4) is 0 Å². The van der Waals surface area contributed by atoms with Crippen molar-refractivity contribution in [2.75, 3.05) is 13.7 Å². The Labute approximate surface area is 194 Å². The molecule has 5 nitrogen and oxygen atoms in total. The fourth-order valence-electron chi connectivity index (χ4n) is 3.74. The Morgan fingerprint density at radius 3 is 2.61 bits per heavy atom. The number of Topliss-reactive ketones (excluding diaryl/α,β-unsaturated/α-hetero) is 1. The Morgan fingerprint density at radius 2 is 1.97 bits per heavy atom. The van der Waals surface area contributed by atoms with Gasteiger partial charge in [0.2, 0.25) is 0 Å². The number of rotatable bonds is 8. The molecule has 164 valence electrons. The number of hydrogen-bond acceptors (Lipinski definition) is 4. The lowest BCUT2D eigenvalue weighted by molar-refractivity contribution is -0.114. The van der Waals surface area contributed by atoms with Gasteiger partial charge in [0.1, 0.15) is 6.61 Å². The zero-order chi connectivity index (χ0) is 22.5. The van der Waals surface area contributed by atoms with Gasteiger partial charge in [-0.3, -0.25) is 4.79 Å². The number of hydrogen-bond donors (Lipinski definition) is 1. The summed E-state index contributed by atoms with van der Waals surface area (Å²) in [5.41, 5.74) is 3.34. The van der Waals surface area contributed by atoms with Crippen molar-refractivity contribution in [1.29, 1.82) is 0 Å². The number of methoxy groups -OCH3 is 1. The maximum Gasteiger partial charge on any atom is 0.173 e. The Kier molecular flexibility index (Phi) is 7.57. The van der Waals surface area contributed by atoms with Gasteiger partial charge in [-0.2, -0.15) is 0 Å². The van der Waals surface area contributed by atoms with E-state index in [0.29, 0.717) is 33.8 Å². The molecule has 0 aromatic heterocycles. The lowest BCUT2D eigenvalue weighted by atomic mass is 9.92. The van der Waals surface area contributed by atoms with Gasteiger partial charge in [0.05, 0.1) is 13.2 Å².